The van der Waals surface area contributed by atoms with Crippen LogP contribution in [0.3, 0.4) is 0 Å². The van der Waals surface area contributed by atoms with Crippen molar-refractivity contribution in [3.63, 3.8) is 0 Å². The van der Waals surface area contributed by atoms with Gasteiger partial charge in [0.15, 0.2) is 0 Å². The van der Waals surface area contributed by atoms with Crippen LogP contribution in [0.25, 0.3) is 109 Å². The van der Waals surface area contributed by atoms with Gasteiger partial charge in [0.25, 0.3) is 0 Å². The minimum absolute atomic E-state index is 0.107. The Morgan fingerprint density at radius 3 is 1.62 bits per heavy atom. The third-order valence-electron chi connectivity index (χ3n) is 16.2. The molecule has 0 amide bonds. The first-order valence-electron chi connectivity index (χ1n) is 25.5. The van der Waals surface area contributed by atoms with Crippen LogP contribution < -0.4 is 15.8 Å². The van der Waals surface area contributed by atoms with Crippen LogP contribution in [0.15, 0.2) is 205 Å². The number of hydrogen-bond acceptors (Lipinski definition) is 2. The third-order valence-corrected chi connectivity index (χ3v) is 16.2. The summed E-state index contributed by atoms with van der Waals surface area (Å²) in [6.07, 6.45) is 0. The zero-order chi connectivity index (χ0) is 48.4. The van der Waals surface area contributed by atoms with E-state index in [-0.39, 0.29) is 17.7 Å². The fourth-order valence-electron chi connectivity index (χ4n) is 12.8. The molecule has 2 aliphatic heterocycles. The highest BCUT2D eigenvalue weighted by molar-refractivity contribution is 6.90. The van der Waals surface area contributed by atoms with Crippen LogP contribution in [0, 0.1) is 0 Å². The highest BCUT2D eigenvalue weighted by Gasteiger charge is 2.45. The largest absolute Gasteiger partial charge is 0.455 e. The van der Waals surface area contributed by atoms with Gasteiger partial charge in [-0.05, 0) is 130 Å². The summed E-state index contributed by atoms with van der Waals surface area (Å²) in [6, 6.07) is 75.5. The molecule has 0 saturated heterocycles. The zero-order valence-corrected chi connectivity index (χ0v) is 41.4. The molecule has 0 aliphatic carbocycles. The molecule has 2 aromatic heterocycles. The van der Waals surface area contributed by atoms with Gasteiger partial charge < -0.3 is 13.8 Å². The molecule has 0 fully saturated rings. The maximum absolute atomic E-state index is 7.24. The van der Waals surface area contributed by atoms with E-state index < -0.39 is 0 Å². The summed E-state index contributed by atoms with van der Waals surface area (Å²) in [5.74, 6) is 0. The van der Waals surface area contributed by atoms with Gasteiger partial charge in [-0.1, -0.05) is 199 Å². The highest BCUT2D eigenvalue weighted by atomic mass is 16.3. The Labute approximate surface area is 419 Å². The average molecular weight is 923 g/mol. The van der Waals surface area contributed by atoms with Crippen molar-refractivity contribution in [2.45, 2.75) is 52.4 Å². The van der Waals surface area contributed by atoms with E-state index in [1.54, 1.807) is 0 Å². The van der Waals surface area contributed by atoms with Crippen LogP contribution >= 0.6 is 0 Å². The molecule has 0 atom stereocenters. The Bertz CT molecular complexity index is 4440. The van der Waals surface area contributed by atoms with E-state index in [1.807, 2.05) is 0 Å². The van der Waals surface area contributed by atoms with Gasteiger partial charge >= 0.3 is 6.85 Å². The van der Waals surface area contributed by atoms with Crippen molar-refractivity contribution in [2.24, 2.45) is 0 Å². The van der Waals surface area contributed by atoms with Gasteiger partial charge in [-0.2, -0.15) is 0 Å². The number of aromatic nitrogens is 1. The van der Waals surface area contributed by atoms with E-state index in [4.69, 9.17) is 4.42 Å². The third kappa shape index (κ3) is 5.69. The summed E-state index contributed by atoms with van der Waals surface area (Å²) in [6.45, 7) is 13.9. The molecule has 72 heavy (non-hydrogen) atoms. The first kappa shape index (κ1) is 41.4. The predicted molar refractivity (Wildman–Crippen MR) is 308 cm³/mol. The summed E-state index contributed by atoms with van der Waals surface area (Å²) in [5.41, 5.74) is 20.1. The monoisotopic (exact) mass is 922 g/mol. The number of rotatable bonds is 3. The summed E-state index contributed by atoms with van der Waals surface area (Å²) in [4.78, 5) is 2.65. The molecule has 0 saturated carbocycles. The van der Waals surface area contributed by atoms with E-state index in [9.17, 15) is 0 Å². The molecule has 0 spiro atoms. The molecular formula is C68H51BN2O. The maximum atomic E-state index is 7.24. The standard InChI is InChI=1S/C68H51BN2O/c1-67(2,3)43-34-44(68(4,5)6)36-45(35-43)70-57-38-52-51(60(40-21-9-7-10-22-40)48-28-15-16-29-49(48)61(52)41-23-11-8-12-24-41)37-55(57)69-64-58(70)39-53-47-27-18-20-32-59(47)72-66(53)63(64)54-33-42-25-13-14-26-46(42)62-50-30-17-19-31-56(50)71(69)65(54)62/h7-39H,1-6H3. The molecule has 0 N–H and O–H groups in total. The minimum atomic E-state index is -0.206. The molecule has 4 heterocycles. The number of nitrogens with zero attached hydrogens (tertiary/aromatic N) is 2. The highest BCUT2D eigenvalue weighted by Crippen LogP contribution is 2.53. The summed E-state index contributed by atoms with van der Waals surface area (Å²) in [7, 11) is 0. The Kier molecular flexibility index (Phi) is 8.42. The van der Waals surface area contributed by atoms with E-state index in [0.29, 0.717) is 0 Å². The van der Waals surface area contributed by atoms with Gasteiger partial charge in [0.1, 0.15) is 11.2 Å². The summed E-state index contributed by atoms with van der Waals surface area (Å²) >= 11 is 0. The van der Waals surface area contributed by atoms with Crippen LogP contribution in [-0.4, -0.2) is 11.3 Å². The van der Waals surface area contributed by atoms with Gasteiger partial charge in [-0.15, -0.1) is 0 Å². The Hall–Kier alpha value is -8.34. The number of benzene rings is 11. The lowest BCUT2D eigenvalue weighted by molar-refractivity contribution is 0.569. The number of anilines is 3. The Balaban J connectivity index is 1.21. The first-order valence-corrected chi connectivity index (χ1v) is 25.5. The number of para-hydroxylation sites is 2. The van der Waals surface area contributed by atoms with E-state index in [1.165, 1.54) is 121 Å². The molecule has 2 aliphatic rings. The van der Waals surface area contributed by atoms with Crippen LogP contribution in [-0.2, 0) is 10.8 Å². The zero-order valence-electron chi connectivity index (χ0n) is 41.4. The molecule has 4 heteroatoms. The molecule has 0 radical (unpaired) electrons. The fraction of sp³-hybridized carbons (Fsp3) is 0.118. The SMILES string of the molecule is CC(C)(C)c1cc(N2c3cc4c(-c5ccccc5)c5ccccc5c(-c5ccccc5)c4cc3B3c4c2cc2c(oc5ccccc52)c4-c2cc4ccccc4c4c5ccccc5n3c24)cc(C(C)(C)C)c1. The number of furan rings is 1. The van der Waals surface area contributed by atoms with Gasteiger partial charge in [-0.25, -0.2) is 0 Å². The van der Waals surface area contributed by atoms with Crippen LogP contribution in [0.1, 0.15) is 52.7 Å². The normalized spacial score (nSPS) is 13.4. The van der Waals surface area contributed by atoms with E-state index in [0.717, 1.165) is 27.6 Å². The molecular weight excluding hydrogens is 872 g/mol. The Morgan fingerprint density at radius 1 is 0.431 bits per heavy atom. The summed E-state index contributed by atoms with van der Waals surface area (Å²) < 4.78 is 9.95. The topological polar surface area (TPSA) is 21.3 Å². The van der Waals surface area contributed by atoms with Crippen molar-refractivity contribution in [1.29, 1.82) is 0 Å². The molecule has 11 aromatic carbocycles. The summed E-state index contributed by atoms with van der Waals surface area (Å²) in [5, 5.41) is 12.3. The second kappa shape index (κ2) is 14.6. The maximum Gasteiger partial charge on any atom is 0.333 e. The van der Waals surface area contributed by atoms with Crippen molar-refractivity contribution in [3.05, 3.63) is 211 Å². The molecule has 0 bridgehead atoms. The molecule has 15 rings (SSSR count). The van der Waals surface area contributed by atoms with Crippen molar-refractivity contribution in [3.8, 4) is 33.4 Å². The second-order valence-electron chi connectivity index (χ2n) is 22.4. The van der Waals surface area contributed by atoms with Crippen molar-refractivity contribution in [1.82, 2.24) is 4.48 Å². The van der Waals surface area contributed by atoms with Gasteiger partial charge in [0.05, 0.1) is 0 Å². The van der Waals surface area contributed by atoms with Crippen LogP contribution in [0.2, 0.25) is 0 Å². The number of hydrogen-bond donors (Lipinski definition) is 0. The molecule has 0 unspecified atom stereocenters. The quantitative estimate of drug-likeness (QED) is 0.130. The first-order chi connectivity index (χ1) is 35.0. The van der Waals surface area contributed by atoms with Gasteiger partial charge in [0, 0.05) is 60.8 Å². The van der Waals surface area contributed by atoms with Gasteiger partial charge in [0.2, 0.25) is 0 Å². The van der Waals surface area contributed by atoms with Crippen LogP contribution in [0.4, 0.5) is 17.1 Å². The van der Waals surface area contributed by atoms with Crippen molar-refractivity contribution in [2.75, 3.05) is 4.90 Å². The predicted octanol–water partition coefficient (Wildman–Crippen LogP) is 17.5. The lowest BCUT2D eigenvalue weighted by atomic mass is 9.44. The second-order valence-corrected chi connectivity index (χ2v) is 22.4. The molecule has 13 aromatic rings. The van der Waals surface area contributed by atoms with Crippen LogP contribution in [0.5, 0.6) is 0 Å². The smallest absolute Gasteiger partial charge is 0.333 e. The average Bonchev–Trinajstić information content (AvgIpc) is 3.95. The van der Waals surface area contributed by atoms with Crippen molar-refractivity contribution < 1.29 is 4.42 Å². The lowest BCUT2D eigenvalue weighted by Gasteiger charge is -2.41. The molecule has 3 nitrogen and oxygen atoms in total. The van der Waals surface area contributed by atoms with E-state index >= 15 is 0 Å². The fourth-order valence-corrected chi connectivity index (χ4v) is 12.8. The molecule has 342 valence electrons. The van der Waals surface area contributed by atoms with E-state index in [2.05, 4.69) is 251 Å². The minimum Gasteiger partial charge on any atom is -0.455 e. The number of fused-ring (bicyclic) bond motifs is 15. The Morgan fingerprint density at radius 2 is 0.972 bits per heavy atom. The lowest BCUT2D eigenvalue weighted by Crippen LogP contribution is -2.56. The van der Waals surface area contributed by atoms with Crippen molar-refractivity contribution >= 4 is 111 Å². The van der Waals surface area contributed by atoms with Gasteiger partial charge in [-0.3, -0.25) is 0 Å².